The Morgan fingerprint density at radius 2 is 2.00 bits per heavy atom. The second kappa shape index (κ2) is 5.16. The molecule has 1 N–H and O–H groups in total. The number of fused-ring (bicyclic) bond motifs is 3. The van der Waals surface area contributed by atoms with Gasteiger partial charge in [-0.15, -0.1) is 0 Å². The van der Waals surface area contributed by atoms with E-state index in [9.17, 15) is 0 Å². The van der Waals surface area contributed by atoms with Gasteiger partial charge >= 0.3 is 0 Å². The van der Waals surface area contributed by atoms with E-state index in [1.807, 2.05) is 7.11 Å². The van der Waals surface area contributed by atoms with Gasteiger partial charge in [-0.2, -0.15) is 0 Å². The summed E-state index contributed by atoms with van der Waals surface area (Å²) in [7, 11) is 3.88. The first-order valence-corrected chi connectivity index (χ1v) is 7.60. The molecule has 3 rings (SSSR count). The van der Waals surface area contributed by atoms with Crippen LogP contribution in [0.2, 0.25) is 0 Å². The quantitative estimate of drug-likeness (QED) is 0.895. The van der Waals surface area contributed by atoms with Gasteiger partial charge in [-0.05, 0) is 55.8 Å². The van der Waals surface area contributed by atoms with Crippen LogP contribution in [0.15, 0.2) is 12.1 Å². The minimum Gasteiger partial charge on any atom is -0.496 e. The highest BCUT2D eigenvalue weighted by atomic mass is 16.5. The number of nitrogens with one attached hydrogen (secondary N) is 1. The van der Waals surface area contributed by atoms with Crippen LogP contribution >= 0.6 is 0 Å². The zero-order valence-electron chi connectivity index (χ0n) is 12.3. The van der Waals surface area contributed by atoms with Gasteiger partial charge in [0.15, 0.2) is 0 Å². The lowest BCUT2D eigenvalue weighted by Gasteiger charge is -2.30. The number of rotatable bonds is 3. The van der Waals surface area contributed by atoms with E-state index < -0.39 is 0 Å². The van der Waals surface area contributed by atoms with Gasteiger partial charge in [0.1, 0.15) is 5.75 Å². The third-order valence-corrected chi connectivity index (χ3v) is 5.19. The highest BCUT2D eigenvalue weighted by Gasteiger charge is 2.43. The standard InChI is InChI=1S/C17H25NO/c1-11-8-9-15(19-3)17-14(10-18-2)12-6-4-5-7-13(12)16(11)17/h8-9,12-14,18H,4-7,10H2,1-3H3. The second-order valence-corrected chi connectivity index (χ2v) is 6.13. The third kappa shape index (κ3) is 1.97. The van der Waals surface area contributed by atoms with Crippen molar-refractivity contribution in [2.24, 2.45) is 5.92 Å². The maximum Gasteiger partial charge on any atom is 0.122 e. The van der Waals surface area contributed by atoms with Crippen molar-refractivity contribution < 1.29 is 4.74 Å². The summed E-state index contributed by atoms with van der Waals surface area (Å²) in [6, 6.07) is 4.40. The minimum atomic E-state index is 0.639. The molecule has 3 atom stereocenters. The van der Waals surface area contributed by atoms with E-state index in [1.165, 1.54) is 36.8 Å². The Bertz CT molecular complexity index is 469. The molecule has 0 spiro atoms. The molecule has 0 radical (unpaired) electrons. The molecule has 1 aromatic carbocycles. The smallest absolute Gasteiger partial charge is 0.122 e. The monoisotopic (exact) mass is 259 g/mol. The molecular weight excluding hydrogens is 234 g/mol. The fraction of sp³-hybridized carbons (Fsp3) is 0.647. The van der Waals surface area contributed by atoms with Crippen molar-refractivity contribution in [3.05, 3.63) is 28.8 Å². The first-order valence-electron chi connectivity index (χ1n) is 7.60. The van der Waals surface area contributed by atoms with E-state index in [0.29, 0.717) is 5.92 Å². The zero-order valence-corrected chi connectivity index (χ0v) is 12.3. The number of aryl methyl sites for hydroxylation is 1. The molecule has 0 aromatic heterocycles. The topological polar surface area (TPSA) is 21.3 Å². The number of hydrogen-bond donors (Lipinski definition) is 1. The summed E-state index contributed by atoms with van der Waals surface area (Å²) in [5.74, 6) is 3.35. The average Bonchev–Trinajstić information content (AvgIpc) is 2.76. The van der Waals surface area contributed by atoms with Crippen molar-refractivity contribution in [1.29, 1.82) is 0 Å². The second-order valence-electron chi connectivity index (χ2n) is 6.13. The number of ether oxygens (including phenoxy) is 1. The third-order valence-electron chi connectivity index (χ3n) is 5.19. The van der Waals surface area contributed by atoms with Crippen LogP contribution < -0.4 is 10.1 Å². The Morgan fingerprint density at radius 3 is 2.74 bits per heavy atom. The van der Waals surface area contributed by atoms with Gasteiger partial charge < -0.3 is 10.1 Å². The molecule has 0 bridgehead atoms. The maximum atomic E-state index is 5.67. The summed E-state index contributed by atoms with van der Waals surface area (Å²) in [5.41, 5.74) is 4.59. The fourth-order valence-corrected chi connectivity index (χ4v) is 4.47. The van der Waals surface area contributed by atoms with Crippen molar-refractivity contribution in [2.45, 2.75) is 44.4 Å². The summed E-state index contributed by atoms with van der Waals surface area (Å²) in [6.45, 7) is 3.35. The van der Waals surface area contributed by atoms with Gasteiger partial charge in [-0.3, -0.25) is 0 Å². The number of hydrogen-bond acceptors (Lipinski definition) is 2. The SMILES string of the molecule is CNCC1c2c(OC)ccc(C)c2C2CCCCC21. The van der Waals surface area contributed by atoms with Crippen LogP contribution in [-0.4, -0.2) is 20.7 Å². The molecule has 2 aliphatic carbocycles. The highest BCUT2D eigenvalue weighted by molar-refractivity contribution is 5.53. The predicted octanol–water partition coefficient (Wildman–Crippen LogP) is 3.59. The van der Waals surface area contributed by atoms with Crippen LogP contribution in [0.1, 0.15) is 54.2 Å². The predicted molar refractivity (Wildman–Crippen MR) is 79.1 cm³/mol. The number of methoxy groups -OCH3 is 1. The first-order chi connectivity index (χ1) is 9.27. The summed E-state index contributed by atoms with van der Waals surface area (Å²) in [5, 5.41) is 3.40. The lowest BCUT2D eigenvalue weighted by atomic mass is 9.76. The molecule has 2 heteroatoms. The first kappa shape index (κ1) is 13.0. The van der Waals surface area contributed by atoms with E-state index in [0.717, 1.165) is 24.1 Å². The van der Waals surface area contributed by atoms with Crippen molar-refractivity contribution in [3.63, 3.8) is 0 Å². The Kier molecular flexibility index (Phi) is 3.53. The van der Waals surface area contributed by atoms with E-state index in [2.05, 4.69) is 31.4 Å². The van der Waals surface area contributed by atoms with Crippen LogP contribution in [0.4, 0.5) is 0 Å². The van der Waals surface area contributed by atoms with E-state index in [-0.39, 0.29) is 0 Å². The van der Waals surface area contributed by atoms with Crippen molar-refractivity contribution >= 4 is 0 Å². The van der Waals surface area contributed by atoms with Crippen molar-refractivity contribution in [3.8, 4) is 5.75 Å². The van der Waals surface area contributed by atoms with Crippen LogP contribution in [-0.2, 0) is 0 Å². The molecule has 1 saturated carbocycles. The van der Waals surface area contributed by atoms with Crippen LogP contribution in [0, 0.1) is 12.8 Å². The van der Waals surface area contributed by atoms with Crippen LogP contribution in [0.25, 0.3) is 0 Å². The Morgan fingerprint density at radius 1 is 1.21 bits per heavy atom. The molecule has 0 aliphatic heterocycles. The van der Waals surface area contributed by atoms with E-state index in [4.69, 9.17) is 4.74 Å². The van der Waals surface area contributed by atoms with Gasteiger partial charge in [0, 0.05) is 18.0 Å². The average molecular weight is 259 g/mol. The van der Waals surface area contributed by atoms with Gasteiger partial charge in [0.25, 0.3) is 0 Å². The summed E-state index contributed by atoms with van der Waals surface area (Å²) in [6.07, 6.45) is 5.54. The lowest BCUT2D eigenvalue weighted by Crippen LogP contribution is -2.24. The number of likely N-dealkylation sites (N-methyl/N-ethyl adjacent to an activating group) is 1. The van der Waals surface area contributed by atoms with Gasteiger partial charge in [0.05, 0.1) is 7.11 Å². The largest absolute Gasteiger partial charge is 0.496 e. The number of benzene rings is 1. The molecule has 1 aromatic rings. The molecule has 0 amide bonds. The molecule has 104 valence electrons. The molecule has 19 heavy (non-hydrogen) atoms. The van der Waals surface area contributed by atoms with Gasteiger partial charge in [-0.25, -0.2) is 0 Å². The van der Waals surface area contributed by atoms with Crippen LogP contribution in [0.5, 0.6) is 5.75 Å². The Hall–Kier alpha value is -1.02. The van der Waals surface area contributed by atoms with Gasteiger partial charge in [-0.1, -0.05) is 18.9 Å². The highest BCUT2D eigenvalue weighted by Crippen LogP contribution is 2.56. The van der Waals surface area contributed by atoms with E-state index in [1.54, 1.807) is 5.56 Å². The van der Waals surface area contributed by atoms with Crippen molar-refractivity contribution in [2.75, 3.05) is 20.7 Å². The molecule has 1 fully saturated rings. The molecule has 2 aliphatic rings. The molecule has 0 saturated heterocycles. The Balaban J connectivity index is 2.12. The maximum absolute atomic E-state index is 5.67. The zero-order chi connectivity index (χ0) is 13.4. The molecule has 2 nitrogen and oxygen atoms in total. The Labute approximate surface area is 116 Å². The summed E-state index contributed by atoms with van der Waals surface area (Å²) >= 11 is 0. The fourth-order valence-electron chi connectivity index (χ4n) is 4.47. The van der Waals surface area contributed by atoms with Gasteiger partial charge in [0.2, 0.25) is 0 Å². The minimum absolute atomic E-state index is 0.639. The summed E-state index contributed by atoms with van der Waals surface area (Å²) in [4.78, 5) is 0. The normalized spacial score (nSPS) is 28.9. The summed E-state index contributed by atoms with van der Waals surface area (Å²) < 4.78 is 5.67. The van der Waals surface area contributed by atoms with E-state index >= 15 is 0 Å². The molecular formula is C17H25NO. The molecule has 0 heterocycles. The van der Waals surface area contributed by atoms with Crippen molar-refractivity contribution in [1.82, 2.24) is 5.32 Å². The van der Waals surface area contributed by atoms with Crippen LogP contribution in [0.3, 0.4) is 0 Å². The molecule has 3 unspecified atom stereocenters. The lowest BCUT2D eigenvalue weighted by molar-refractivity contribution is 0.284.